The quantitative estimate of drug-likeness (QED) is 0.469. The Morgan fingerprint density at radius 2 is 1.97 bits per heavy atom. The number of nitrogens with one attached hydrogen (secondary N) is 1. The van der Waals surface area contributed by atoms with Gasteiger partial charge in [0.25, 0.3) is 0 Å². The molecule has 172 valence electrons. The zero-order valence-electron chi connectivity index (χ0n) is 19.2. The Kier molecular flexibility index (Phi) is 7.19. The number of nitrogens with zero attached hydrogens (tertiary/aromatic N) is 2. The van der Waals surface area contributed by atoms with Crippen LogP contribution in [-0.4, -0.2) is 37.3 Å². The van der Waals surface area contributed by atoms with Crippen LogP contribution in [-0.2, 0) is 24.2 Å². The normalized spacial score (nSPS) is 17.7. The van der Waals surface area contributed by atoms with Crippen LogP contribution in [0.25, 0.3) is 0 Å². The molecule has 2 aliphatic rings. The van der Waals surface area contributed by atoms with Gasteiger partial charge in [0.2, 0.25) is 0 Å². The Labute approximate surface area is 196 Å². The SMILES string of the molecule is c1ccc(COCCc2cccc3c2CCCN3c2cncc(OCC3CCCN3)c2)cc1. The van der Waals surface area contributed by atoms with Gasteiger partial charge in [0.15, 0.2) is 0 Å². The van der Waals surface area contributed by atoms with Gasteiger partial charge in [-0.25, -0.2) is 0 Å². The maximum atomic E-state index is 6.07. The topological polar surface area (TPSA) is 46.6 Å². The van der Waals surface area contributed by atoms with Crippen LogP contribution in [0, 0.1) is 0 Å². The van der Waals surface area contributed by atoms with Crippen molar-refractivity contribution >= 4 is 11.4 Å². The molecule has 5 nitrogen and oxygen atoms in total. The molecule has 0 amide bonds. The second-order valence-corrected chi connectivity index (χ2v) is 8.94. The van der Waals surface area contributed by atoms with Gasteiger partial charge in [-0.05, 0) is 61.4 Å². The molecule has 0 spiro atoms. The molecule has 1 saturated heterocycles. The molecule has 0 radical (unpaired) electrons. The van der Waals surface area contributed by atoms with E-state index in [9.17, 15) is 0 Å². The van der Waals surface area contributed by atoms with E-state index in [1.54, 1.807) is 0 Å². The Balaban J connectivity index is 1.25. The van der Waals surface area contributed by atoms with Gasteiger partial charge >= 0.3 is 0 Å². The number of ether oxygens (including phenoxy) is 2. The van der Waals surface area contributed by atoms with E-state index >= 15 is 0 Å². The van der Waals surface area contributed by atoms with Crippen molar-refractivity contribution in [1.29, 1.82) is 0 Å². The summed E-state index contributed by atoms with van der Waals surface area (Å²) in [5.74, 6) is 0.846. The highest BCUT2D eigenvalue weighted by molar-refractivity contribution is 5.69. The lowest BCUT2D eigenvalue weighted by atomic mass is 9.94. The van der Waals surface area contributed by atoms with Gasteiger partial charge in [-0.15, -0.1) is 0 Å². The summed E-state index contributed by atoms with van der Waals surface area (Å²) in [6.45, 7) is 4.18. The first-order valence-electron chi connectivity index (χ1n) is 12.2. The predicted molar refractivity (Wildman–Crippen MR) is 132 cm³/mol. The minimum absolute atomic E-state index is 0.455. The first kappa shape index (κ1) is 21.9. The predicted octanol–water partition coefficient (Wildman–Crippen LogP) is 5.06. The number of benzene rings is 2. The van der Waals surface area contributed by atoms with Crippen LogP contribution in [0.2, 0.25) is 0 Å². The molecule has 33 heavy (non-hydrogen) atoms. The van der Waals surface area contributed by atoms with E-state index in [-0.39, 0.29) is 0 Å². The lowest BCUT2D eigenvalue weighted by molar-refractivity contribution is 0.123. The molecule has 0 bridgehead atoms. The fourth-order valence-corrected chi connectivity index (χ4v) is 4.88. The van der Waals surface area contributed by atoms with E-state index in [4.69, 9.17) is 9.47 Å². The fourth-order valence-electron chi connectivity index (χ4n) is 4.88. The third-order valence-electron chi connectivity index (χ3n) is 6.60. The zero-order chi connectivity index (χ0) is 22.3. The Morgan fingerprint density at radius 1 is 1.03 bits per heavy atom. The summed E-state index contributed by atoms with van der Waals surface area (Å²) in [4.78, 5) is 6.87. The van der Waals surface area contributed by atoms with Crippen molar-refractivity contribution in [2.45, 2.75) is 44.8 Å². The van der Waals surface area contributed by atoms with Gasteiger partial charge in [0.1, 0.15) is 12.4 Å². The maximum absolute atomic E-state index is 6.07. The molecule has 1 N–H and O–H groups in total. The van der Waals surface area contributed by atoms with E-state index < -0.39 is 0 Å². The van der Waals surface area contributed by atoms with Crippen molar-refractivity contribution in [2.24, 2.45) is 0 Å². The van der Waals surface area contributed by atoms with Gasteiger partial charge in [-0.2, -0.15) is 0 Å². The van der Waals surface area contributed by atoms with Crippen molar-refractivity contribution in [3.63, 3.8) is 0 Å². The summed E-state index contributed by atoms with van der Waals surface area (Å²) >= 11 is 0. The number of hydrogen-bond acceptors (Lipinski definition) is 5. The minimum atomic E-state index is 0.455. The minimum Gasteiger partial charge on any atom is -0.490 e. The molecular formula is C28H33N3O2. The third kappa shape index (κ3) is 5.55. The number of fused-ring (bicyclic) bond motifs is 1. The smallest absolute Gasteiger partial charge is 0.139 e. The first-order chi connectivity index (χ1) is 16.4. The second-order valence-electron chi connectivity index (χ2n) is 8.94. The van der Waals surface area contributed by atoms with Crippen LogP contribution >= 0.6 is 0 Å². The third-order valence-corrected chi connectivity index (χ3v) is 6.60. The summed E-state index contributed by atoms with van der Waals surface area (Å²) in [6, 6.07) is 19.6. The molecule has 2 aliphatic heterocycles. The maximum Gasteiger partial charge on any atom is 0.139 e. The van der Waals surface area contributed by atoms with Gasteiger partial charge in [0, 0.05) is 24.3 Å². The average molecular weight is 444 g/mol. The summed E-state index contributed by atoms with van der Waals surface area (Å²) < 4.78 is 12.0. The number of hydrogen-bond donors (Lipinski definition) is 1. The molecule has 1 aromatic heterocycles. The average Bonchev–Trinajstić information content (AvgIpc) is 3.40. The number of rotatable bonds is 9. The van der Waals surface area contributed by atoms with Crippen LogP contribution in [0.15, 0.2) is 67.0 Å². The van der Waals surface area contributed by atoms with Crippen LogP contribution in [0.4, 0.5) is 11.4 Å². The van der Waals surface area contributed by atoms with Crippen molar-refractivity contribution in [3.8, 4) is 5.75 Å². The molecular weight excluding hydrogens is 410 g/mol. The van der Waals surface area contributed by atoms with E-state index in [0.717, 1.165) is 50.4 Å². The van der Waals surface area contributed by atoms with Gasteiger partial charge in [-0.3, -0.25) is 4.98 Å². The van der Waals surface area contributed by atoms with Crippen LogP contribution in [0.1, 0.15) is 36.0 Å². The molecule has 2 aromatic carbocycles. The summed E-state index contributed by atoms with van der Waals surface area (Å²) in [5.41, 5.74) is 6.44. The van der Waals surface area contributed by atoms with E-state index in [0.29, 0.717) is 19.3 Å². The van der Waals surface area contributed by atoms with Crippen LogP contribution in [0.5, 0.6) is 5.75 Å². The number of pyridine rings is 1. The number of anilines is 2. The number of aromatic nitrogens is 1. The van der Waals surface area contributed by atoms with Gasteiger partial charge in [0.05, 0.1) is 31.3 Å². The lowest BCUT2D eigenvalue weighted by Crippen LogP contribution is -2.28. The van der Waals surface area contributed by atoms with E-state index in [1.807, 2.05) is 18.5 Å². The van der Waals surface area contributed by atoms with Gasteiger partial charge < -0.3 is 19.7 Å². The molecule has 1 unspecified atom stereocenters. The monoisotopic (exact) mass is 443 g/mol. The van der Waals surface area contributed by atoms with E-state index in [2.05, 4.69) is 63.7 Å². The standard InChI is InChI=1S/C28H33N3O2/c1-2-7-22(8-3-1)20-32-16-13-23-9-4-12-28-27(23)11-6-15-31(28)25-17-26(19-29-18-25)33-21-24-10-5-14-30-24/h1-4,7-9,12,17-19,24,30H,5-6,10-11,13-16,20-21H2. The first-order valence-corrected chi connectivity index (χ1v) is 12.2. The highest BCUT2D eigenvalue weighted by atomic mass is 16.5. The van der Waals surface area contributed by atoms with Crippen LogP contribution in [0.3, 0.4) is 0 Å². The molecule has 1 atom stereocenters. The molecule has 3 aromatic rings. The molecule has 0 aliphatic carbocycles. The fraction of sp³-hybridized carbons (Fsp3) is 0.393. The molecule has 1 fully saturated rings. The van der Waals surface area contributed by atoms with Crippen molar-refractivity contribution in [2.75, 3.05) is 31.2 Å². The lowest BCUT2D eigenvalue weighted by Gasteiger charge is -2.32. The zero-order valence-corrected chi connectivity index (χ0v) is 19.2. The van der Waals surface area contributed by atoms with Crippen molar-refractivity contribution < 1.29 is 9.47 Å². The van der Waals surface area contributed by atoms with Crippen LogP contribution < -0.4 is 15.0 Å². The Hall–Kier alpha value is -2.89. The second kappa shape index (κ2) is 10.8. The molecule has 0 saturated carbocycles. The molecule has 5 heteroatoms. The summed E-state index contributed by atoms with van der Waals surface area (Å²) in [6.07, 6.45) is 9.36. The Morgan fingerprint density at radius 3 is 2.85 bits per heavy atom. The molecule has 3 heterocycles. The highest BCUT2D eigenvalue weighted by Gasteiger charge is 2.21. The van der Waals surface area contributed by atoms with Crippen molar-refractivity contribution in [1.82, 2.24) is 10.3 Å². The summed E-state index contributed by atoms with van der Waals surface area (Å²) in [7, 11) is 0. The van der Waals surface area contributed by atoms with Crippen molar-refractivity contribution in [3.05, 3.63) is 83.7 Å². The Bertz CT molecular complexity index is 1030. The highest BCUT2D eigenvalue weighted by Crippen LogP contribution is 2.36. The largest absolute Gasteiger partial charge is 0.490 e. The molecule has 5 rings (SSSR count). The summed E-state index contributed by atoms with van der Waals surface area (Å²) in [5, 5.41) is 3.49. The van der Waals surface area contributed by atoms with E-state index in [1.165, 1.54) is 35.2 Å². The van der Waals surface area contributed by atoms with Gasteiger partial charge in [-0.1, -0.05) is 42.5 Å².